The highest BCUT2D eigenvalue weighted by atomic mass is 32.2. The van der Waals surface area contributed by atoms with Crippen molar-refractivity contribution in [2.75, 3.05) is 17.4 Å². The van der Waals surface area contributed by atoms with Crippen LogP contribution in [0.5, 0.6) is 0 Å². The van der Waals surface area contributed by atoms with Gasteiger partial charge in [0.05, 0.1) is 10.6 Å². The van der Waals surface area contributed by atoms with Gasteiger partial charge in [-0.1, -0.05) is 24.3 Å². The monoisotopic (exact) mass is 410 g/mol. The van der Waals surface area contributed by atoms with E-state index in [1.54, 1.807) is 18.3 Å². The average molecular weight is 410 g/mol. The van der Waals surface area contributed by atoms with Crippen LogP contribution in [0.2, 0.25) is 0 Å². The van der Waals surface area contributed by atoms with E-state index in [-0.39, 0.29) is 10.8 Å². The van der Waals surface area contributed by atoms with Gasteiger partial charge in [0.2, 0.25) is 0 Å². The molecule has 0 fully saturated rings. The SMILES string of the molecule is Cn1ccnc1CCNC(=O)c1cccc(S(=O)(=O)N2CCc3ccccc32)c1. The van der Waals surface area contributed by atoms with Crippen molar-refractivity contribution in [3.8, 4) is 0 Å². The summed E-state index contributed by atoms with van der Waals surface area (Å²) >= 11 is 0. The Hall–Kier alpha value is -3.13. The molecule has 8 heteroatoms. The first-order chi connectivity index (χ1) is 14.0. The number of nitrogens with zero attached hydrogens (tertiary/aromatic N) is 3. The average Bonchev–Trinajstić information content (AvgIpc) is 3.34. The van der Waals surface area contributed by atoms with Crippen molar-refractivity contribution in [3.05, 3.63) is 77.9 Å². The molecule has 2 aromatic carbocycles. The molecule has 3 aromatic rings. The summed E-state index contributed by atoms with van der Waals surface area (Å²) in [5, 5.41) is 2.83. The zero-order valence-corrected chi connectivity index (χ0v) is 16.9. The molecule has 0 unspecified atom stereocenters. The molecule has 29 heavy (non-hydrogen) atoms. The molecule has 1 aliphatic heterocycles. The number of imidazole rings is 1. The van der Waals surface area contributed by atoms with E-state index in [2.05, 4.69) is 10.3 Å². The number of aryl methyl sites for hydroxylation is 1. The zero-order valence-electron chi connectivity index (χ0n) is 16.1. The molecule has 2 heterocycles. The molecular weight excluding hydrogens is 388 g/mol. The molecule has 150 valence electrons. The van der Waals surface area contributed by atoms with Crippen LogP contribution in [0, 0.1) is 0 Å². The van der Waals surface area contributed by atoms with Crippen molar-refractivity contribution >= 4 is 21.6 Å². The Morgan fingerprint density at radius 1 is 1.17 bits per heavy atom. The highest BCUT2D eigenvalue weighted by Gasteiger charge is 2.30. The topological polar surface area (TPSA) is 84.3 Å². The highest BCUT2D eigenvalue weighted by Crippen LogP contribution is 2.32. The molecule has 0 spiro atoms. The molecule has 7 nitrogen and oxygen atoms in total. The quantitative estimate of drug-likeness (QED) is 0.675. The molecule has 0 bridgehead atoms. The van der Waals surface area contributed by atoms with E-state index < -0.39 is 10.0 Å². The molecule has 1 N–H and O–H groups in total. The Morgan fingerprint density at radius 3 is 2.79 bits per heavy atom. The summed E-state index contributed by atoms with van der Waals surface area (Å²) in [4.78, 5) is 16.8. The van der Waals surface area contributed by atoms with Crippen LogP contribution in [0.3, 0.4) is 0 Å². The number of aromatic nitrogens is 2. The lowest BCUT2D eigenvalue weighted by Gasteiger charge is -2.20. The molecule has 0 radical (unpaired) electrons. The number of carbonyl (C=O) groups is 1. The van der Waals surface area contributed by atoms with Gasteiger partial charge in [0.15, 0.2) is 0 Å². The van der Waals surface area contributed by atoms with Crippen molar-refractivity contribution in [2.24, 2.45) is 7.05 Å². The normalized spacial score (nSPS) is 13.3. The van der Waals surface area contributed by atoms with Gasteiger partial charge in [0.1, 0.15) is 5.82 Å². The van der Waals surface area contributed by atoms with Gasteiger partial charge in [0, 0.05) is 44.5 Å². The van der Waals surface area contributed by atoms with Crippen LogP contribution in [0.15, 0.2) is 65.8 Å². The van der Waals surface area contributed by atoms with E-state index in [1.165, 1.54) is 16.4 Å². The van der Waals surface area contributed by atoms with Crippen LogP contribution in [-0.4, -0.2) is 37.0 Å². The van der Waals surface area contributed by atoms with Gasteiger partial charge >= 0.3 is 0 Å². The third kappa shape index (κ3) is 3.75. The maximum Gasteiger partial charge on any atom is 0.264 e. The molecule has 0 saturated heterocycles. The third-order valence-electron chi connectivity index (χ3n) is 5.08. The van der Waals surface area contributed by atoms with E-state index in [0.29, 0.717) is 37.2 Å². The van der Waals surface area contributed by atoms with E-state index in [1.807, 2.05) is 42.1 Å². The lowest BCUT2D eigenvalue weighted by atomic mass is 10.2. The van der Waals surface area contributed by atoms with E-state index in [0.717, 1.165) is 11.4 Å². The van der Waals surface area contributed by atoms with Crippen LogP contribution >= 0.6 is 0 Å². The zero-order chi connectivity index (χ0) is 20.4. The summed E-state index contributed by atoms with van der Waals surface area (Å²) in [5.74, 6) is 0.562. The number of hydrogen-bond acceptors (Lipinski definition) is 4. The van der Waals surface area contributed by atoms with Gasteiger partial charge in [-0.05, 0) is 36.2 Å². The molecule has 1 amide bonds. The number of nitrogens with one attached hydrogen (secondary N) is 1. The standard InChI is InChI=1S/C21H22N4O3S/c1-24-14-12-22-20(24)9-11-23-21(26)17-6-4-7-18(15-17)29(27,28)25-13-10-16-5-2-3-8-19(16)25/h2-8,12,14-15H,9-11,13H2,1H3,(H,23,26). The number of anilines is 1. The smallest absolute Gasteiger partial charge is 0.264 e. The van der Waals surface area contributed by atoms with Gasteiger partial charge < -0.3 is 9.88 Å². The number of benzene rings is 2. The number of carbonyl (C=O) groups excluding carboxylic acids is 1. The van der Waals surface area contributed by atoms with Crippen LogP contribution in [0.1, 0.15) is 21.7 Å². The minimum Gasteiger partial charge on any atom is -0.352 e. The first kappa shape index (κ1) is 19.2. The number of sulfonamides is 1. The molecule has 1 aliphatic rings. The van der Waals surface area contributed by atoms with Crippen LogP contribution in [0.25, 0.3) is 0 Å². The lowest BCUT2D eigenvalue weighted by Crippen LogP contribution is -2.30. The van der Waals surface area contributed by atoms with E-state index in [9.17, 15) is 13.2 Å². The van der Waals surface area contributed by atoms with E-state index >= 15 is 0 Å². The second kappa shape index (κ2) is 7.71. The van der Waals surface area contributed by atoms with Crippen LogP contribution in [-0.2, 0) is 29.9 Å². The van der Waals surface area contributed by atoms with Crippen molar-refractivity contribution in [2.45, 2.75) is 17.7 Å². The Balaban J connectivity index is 1.49. The summed E-state index contributed by atoms with van der Waals surface area (Å²) in [5.41, 5.74) is 2.04. The number of fused-ring (bicyclic) bond motifs is 1. The second-order valence-electron chi connectivity index (χ2n) is 6.94. The Labute approximate surface area is 170 Å². The van der Waals surface area contributed by atoms with Crippen molar-refractivity contribution < 1.29 is 13.2 Å². The predicted octanol–water partition coefficient (Wildman–Crippen LogP) is 2.14. The van der Waals surface area contributed by atoms with Crippen molar-refractivity contribution in [1.82, 2.24) is 14.9 Å². The second-order valence-corrected chi connectivity index (χ2v) is 8.81. The molecule has 0 atom stereocenters. The number of para-hydroxylation sites is 1. The van der Waals surface area contributed by atoms with Crippen molar-refractivity contribution in [1.29, 1.82) is 0 Å². The van der Waals surface area contributed by atoms with Gasteiger partial charge in [-0.25, -0.2) is 13.4 Å². The van der Waals surface area contributed by atoms with Gasteiger partial charge in [-0.3, -0.25) is 9.10 Å². The maximum absolute atomic E-state index is 13.2. The Bertz CT molecular complexity index is 1150. The van der Waals surface area contributed by atoms with Crippen LogP contribution < -0.4 is 9.62 Å². The number of amides is 1. The fraction of sp³-hybridized carbons (Fsp3) is 0.238. The lowest BCUT2D eigenvalue weighted by molar-refractivity contribution is 0.0953. The minimum atomic E-state index is -3.73. The first-order valence-corrected chi connectivity index (χ1v) is 10.9. The molecule has 4 rings (SSSR count). The summed E-state index contributed by atoms with van der Waals surface area (Å²) < 4.78 is 29.6. The van der Waals surface area contributed by atoms with Crippen LogP contribution in [0.4, 0.5) is 5.69 Å². The largest absolute Gasteiger partial charge is 0.352 e. The molecule has 1 aromatic heterocycles. The molecular formula is C21H22N4O3S. The number of hydrogen-bond donors (Lipinski definition) is 1. The Morgan fingerprint density at radius 2 is 2.00 bits per heavy atom. The summed E-state index contributed by atoms with van der Waals surface area (Å²) in [6.07, 6.45) is 4.84. The summed E-state index contributed by atoms with van der Waals surface area (Å²) in [7, 11) is -1.83. The third-order valence-corrected chi connectivity index (χ3v) is 6.89. The maximum atomic E-state index is 13.2. The molecule has 0 aliphatic carbocycles. The summed E-state index contributed by atoms with van der Waals surface area (Å²) in [6, 6.07) is 13.7. The first-order valence-electron chi connectivity index (χ1n) is 9.42. The molecule has 0 saturated carbocycles. The fourth-order valence-electron chi connectivity index (χ4n) is 3.51. The van der Waals surface area contributed by atoms with E-state index in [4.69, 9.17) is 0 Å². The van der Waals surface area contributed by atoms with Gasteiger partial charge in [-0.15, -0.1) is 0 Å². The number of rotatable bonds is 6. The van der Waals surface area contributed by atoms with Gasteiger partial charge in [-0.2, -0.15) is 0 Å². The minimum absolute atomic E-state index is 0.117. The highest BCUT2D eigenvalue weighted by molar-refractivity contribution is 7.92. The van der Waals surface area contributed by atoms with Gasteiger partial charge in [0.25, 0.3) is 15.9 Å². The fourth-order valence-corrected chi connectivity index (χ4v) is 5.06. The predicted molar refractivity (Wildman–Crippen MR) is 110 cm³/mol. The Kier molecular flexibility index (Phi) is 5.10. The summed E-state index contributed by atoms with van der Waals surface area (Å²) in [6.45, 7) is 0.821. The van der Waals surface area contributed by atoms with Crippen molar-refractivity contribution in [3.63, 3.8) is 0 Å².